The van der Waals surface area contributed by atoms with Gasteiger partial charge in [-0.15, -0.1) is 0 Å². The Morgan fingerprint density at radius 3 is 2.50 bits per heavy atom. The van der Waals surface area contributed by atoms with Crippen LogP contribution in [0.15, 0.2) is 0 Å². The van der Waals surface area contributed by atoms with E-state index in [2.05, 4.69) is 13.8 Å². The first-order valence-corrected chi connectivity index (χ1v) is 5.36. The zero-order chi connectivity index (χ0) is 8.72. The van der Waals surface area contributed by atoms with Gasteiger partial charge in [0.1, 0.15) is 0 Å². The molecule has 0 aromatic heterocycles. The number of hydrogen-bond donors (Lipinski definition) is 1. The van der Waals surface area contributed by atoms with Crippen LogP contribution in [-0.2, 0) is 0 Å². The van der Waals surface area contributed by atoms with Crippen molar-refractivity contribution in [3.8, 4) is 0 Å². The molecule has 2 fully saturated rings. The molecular formula is C11H20O. The lowest BCUT2D eigenvalue weighted by Crippen LogP contribution is -2.41. The van der Waals surface area contributed by atoms with Crippen molar-refractivity contribution in [2.24, 2.45) is 23.7 Å². The summed E-state index contributed by atoms with van der Waals surface area (Å²) in [7, 11) is 0. The second-order valence-corrected chi connectivity index (χ2v) is 4.99. The van der Waals surface area contributed by atoms with Crippen molar-refractivity contribution in [1.82, 2.24) is 0 Å². The molecule has 0 aromatic rings. The van der Waals surface area contributed by atoms with Gasteiger partial charge in [0.2, 0.25) is 0 Å². The highest BCUT2D eigenvalue weighted by molar-refractivity contribution is 4.90. The average Bonchev–Trinajstić information content (AvgIpc) is 2.03. The molecule has 0 heterocycles. The second kappa shape index (κ2) is 3.02. The molecule has 1 heteroatoms. The van der Waals surface area contributed by atoms with E-state index >= 15 is 0 Å². The van der Waals surface area contributed by atoms with Crippen molar-refractivity contribution in [3.05, 3.63) is 0 Å². The summed E-state index contributed by atoms with van der Waals surface area (Å²) in [5.41, 5.74) is 0. The van der Waals surface area contributed by atoms with Crippen LogP contribution in [0, 0.1) is 23.7 Å². The fourth-order valence-electron chi connectivity index (χ4n) is 3.19. The van der Waals surface area contributed by atoms with Crippen LogP contribution in [0.2, 0.25) is 0 Å². The molecule has 0 saturated heterocycles. The molecule has 1 N–H and O–H groups in total. The Bertz CT molecular complexity index is 166. The maximum absolute atomic E-state index is 9.86. The Morgan fingerprint density at radius 2 is 1.75 bits per heavy atom. The van der Waals surface area contributed by atoms with E-state index in [1.165, 1.54) is 19.3 Å². The molecule has 0 radical (unpaired) electrons. The Morgan fingerprint density at radius 1 is 1.00 bits per heavy atom. The predicted molar refractivity (Wildman–Crippen MR) is 49.8 cm³/mol. The van der Waals surface area contributed by atoms with Crippen LogP contribution in [-0.4, -0.2) is 11.2 Å². The Hall–Kier alpha value is -0.0400. The molecule has 0 aliphatic heterocycles. The fraction of sp³-hybridized carbons (Fsp3) is 1.00. The average molecular weight is 168 g/mol. The first kappa shape index (κ1) is 8.55. The number of fused-ring (bicyclic) bond motifs is 2. The van der Waals surface area contributed by atoms with Crippen LogP contribution in [0.3, 0.4) is 0 Å². The third-order valence-corrected chi connectivity index (χ3v) is 4.21. The minimum atomic E-state index is 0.00606. The normalized spacial score (nSPS) is 53.8. The maximum Gasteiger partial charge on any atom is 0.0573 e. The van der Waals surface area contributed by atoms with Gasteiger partial charge in [-0.05, 0) is 42.9 Å². The van der Waals surface area contributed by atoms with Gasteiger partial charge in [-0.2, -0.15) is 0 Å². The van der Waals surface area contributed by atoms with E-state index in [-0.39, 0.29) is 6.10 Å². The fourth-order valence-corrected chi connectivity index (χ4v) is 3.19. The van der Waals surface area contributed by atoms with E-state index < -0.39 is 0 Å². The molecule has 2 rings (SSSR count). The highest BCUT2D eigenvalue weighted by Crippen LogP contribution is 2.45. The maximum atomic E-state index is 9.86. The Kier molecular flexibility index (Phi) is 2.16. The molecule has 5 atom stereocenters. The summed E-state index contributed by atoms with van der Waals surface area (Å²) in [6.45, 7) is 4.61. The van der Waals surface area contributed by atoms with Crippen molar-refractivity contribution in [2.75, 3.05) is 0 Å². The van der Waals surface area contributed by atoms with Crippen molar-refractivity contribution in [3.63, 3.8) is 0 Å². The van der Waals surface area contributed by atoms with Crippen molar-refractivity contribution in [1.29, 1.82) is 0 Å². The van der Waals surface area contributed by atoms with Crippen LogP contribution < -0.4 is 0 Å². The minimum Gasteiger partial charge on any atom is -0.393 e. The Labute approximate surface area is 75.2 Å². The van der Waals surface area contributed by atoms with Gasteiger partial charge < -0.3 is 5.11 Å². The summed E-state index contributed by atoms with van der Waals surface area (Å²) < 4.78 is 0. The molecule has 12 heavy (non-hydrogen) atoms. The second-order valence-electron chi connectivity index (χ2n) is 4.99. The van der Waals surface area contributed by atoms with Gasteiger partial charge in [0, 0.05) is 0 Å². The van der Waals surface area contributed by atoms with E-state index in [1.807, 2.05) is 0 Å². The smallest absolute Gasteiger partial charge is 0.0573 e. The summed E-state index contributed by atoms with van der Waals surface area (Å²) in [4.78, 5) is 0. The first-order valence-electron chi connectivity index (χ1n) is 5.36. The molecule has 0 aromatic carbocycles. The molecule has 2 aliphatic carbocycles. The zero-order valence-corrected chi connectivity index (χ0v) is 8.16. The van der Waals surface area contributed by atoms with Crippen LogP contribution in [0.4, 0.5) is 0 Å². The van der Waals surface area contributed by atoms with Gasteiger partial charge >= 0.3 is 0 Å². The first-order chi connectivity index (χ1) is 5.68. The summed E-state index contributed by atoms with van der Waals surface area (Å²) in [5.74, 6) is 3.09. The third-order valence-electron chi connectivity index (χ3n) is 4.21. The number of aliphatic hydroxyl groups excluding tert-OH is 1. The minimum absolute atomic E-state index is 0.00606. The Balaban J connectivity index is 2.09. The molecule has 0 spiro atoms. The molecule has 0 unspecified atom stereocenters. The molecule has 2 saturated carbocycles. The standard InChI is InChI=1S/C11H20O/c1-7-3-4-9-6-10(7)11(12)5-8(9)2/h7-12H,3-6H2,1-2H3/t7-,8-,9-,10-,11-/m0/s1. The van der Waals surface area contributed by atoms with Crippen LogP contribution >= 0.6 is 0 Å². The lowest BCUT2D eigenvalue weighted by Gasteiger charge is -2.45. The van der Waals surface area contributed by atoms with Gasteiger partial charge in [-0.3, -0.25) is 0 Å². The van der Waals surface area contributed by atoms with E-state index in [0.29, 0.717) is 5.92 Å². The van der Waals surface area contributed by atoms with E-state index in [4.69, 9.17) is 0 Å². The summed E-state index contributed by atoms with van der Waals surface area (Å²) in [6, 6.07) is 0. The van der Waals surface area contributed by atoms with E-state index in [1.54, 1.807) is 0 Å². The molecule has 70 valence electrons. The topological polar surface area (TPSA) is 20.2 Å². The van der Waals surface area contributed by atoms with Crippen LogP contribution in [0.5, 0.6) is 0 Å². The van der Waals surface area contributed by atoms with Crippen LogP contribution in [0.25, 0.3) is 0 Å². The molecule has 2 aliphatic rings. The number of hydrogen-bond acceptors (Lipinski definition) is 1. The zero-order valence-electron chi connectivity index (χ0n) is 8.16. The quantitative estimate of drug-likeness (QED) is 0.589. The third kappa shape index (κ3) is 1.28. The molecule has 1 nitrogen and oxygen atoms in total. The molecular weight excluding hydrogens is 148 g/mol. The number of rotatable bonds is 0. The molecule has 0 amide bonds. The van der Waals surface area contributed by atoms with Crippen molar-refractivity contribution >= 4 is 0 Å². The van der Waals surface area contributed by atoms with Crippen LogP contribution in [0.1, 0.15) is 39.5 Å². The van der Waals surface area contributed by atoms with Gasteiger partial charge in [0.05, 0.1) is 6.10 Å². The highest BCUT2D eigenvalue weighted by Gasteiger charge is 2.39. The van der Waals surface area contributed by atoms with Gasteiger partial charge in [-0.1, -0.05) is 20.3 Å². The van der Waals surface area contributed by atoms with Gasteiger partial charge in [0.25, 0.3) is 0 Å². The van der Waals surface area contributed by atoms with E-state index in [0.717, 1.165) is 24.2 Å². The summed E-state index contributed by atoms with van der Waals surface area (Å²) >= 11 is 0. The largest absolute Gasteiger partial charge is 0.393 e. The van der Waals surface area contributed by atoms with Gasteiger partial charge in [0.15, 0.2) is 0 Å². The lowest BCUT2D eigenvalue weighted by atomic mass is 9.62. The highest BCUT2D eigenvalue weighted by atomic mass is 16.3. The monoisotopic (exact) mass is 168 g/mol. The summed E-state index contributed by atoms with van der Waals surface area (Å²) in [5, 5.41) is 9.86. The molecule has 2 bridgehead atoms. The van der Waals surface area contributed by atoms with Crippen molar-refractivity contribution in [2.45, 2.75) is 45.6 Å². The SMILES string of the molecule is C[C@H]1C[C@H](O)[C@H]2C[C@@H]1CC[C@@H]2C. The van der Waals surface area contributed by atoms with Crippen molar-refractivity contribution < 1.29 is 5.11 Å². The van der Waals surface area contributed by atoms with Gasteiger partial charge in [-0.25, -0.2) is 0 Å². The predicted octanol–water partition coefficient (Wildman–Crippen LogP) is 2.44. The number of aliphatic hydroxyl groups is 1. The lowest BCUT2D eigenvalue weighted by molar-refractivity contribution is -0.0326. The summed E-state index contributed by atoms with van der Waals surface area (Å²) in [6.07, 6.45) is 5.11. The van der Waals surface area contributed by atoms with E-state index in [9.17, 15) is 5.11 Å².